The monoisotopic (exact) mass is 339 g/mol. The van der Waals surface area contributed by atoms with Crippen LogP contribution in [0.15, 0.2) is 51.9 Å². The number of fused-ring (bicyclic) bond motifs is 1. The van der Waals surface area contributed by atoms with Crippen molar-refractivity contribution in [3.8, 4) is 0 Å². The summed E-state index contributed by atoms with van der Waals surface area (Å²) in [6.45, 7) is 0. The third kappa shape index (κ3) is 2.77. The van der Waals surface area contributed by atoms with Crippen molar-refractivity contribution < 1.29 is 8.81 Å². The van der Waals surface area contributed by atoms with E-state index in [9.17, 15) is 9.18 Å². The summed E-state index contributed by atoms with van der Waals surface area (Å²) in [5.41, 5.74) is 0.587. The molecule has 118 valence electrons. The van der Waals surface area contributed by atoms with E-state index >= 15 is 0 Å². The van der Waals surface area contributed by atoms with Gasteiger partial charge < -0.3 is 4.42 Å². The van der Waals surface area contributed by atoms with Gasteiger partial charge in [-0.1, -0.05) is 29.5 Å². The maximum Gasteiger partial charge on any atom is 0.291 e. The van der Waals surface area contributed by atoms with E-state index in [1.807, 2.05) is 0 Å². The van der Waals surface area contributed by atoms with Crippen LogP contribution in [0, 0.1) is 5.82 Å². The molecule has 3 heterocycles. The number of halogens is 1. The maximum absolute atomic E-state index is 12.9. The first kappa shape index (κ1) is 14.5. The number of aromatic nitrogens is 3. The second-order valence-corrected chi connectivity index (χ2v) is 5.99. The zero-order valence-corrected chi connectivity index (χ0v) is 13.0. The van der Waals surface area contributed by atoms with Gasteiger partial charge in [0.25, 0.3) is 5.56 Å². The molecule has 0 aliphatic rings. The van der Waals surface area contributed by atoms with E-state index < -0.39 is 0 Å². The van der Waals surface area contributed by atoms with Crippen molar-refractivity contribution in [1.29, 1.82) is 0 Å². The van der Waals surface area contributed by atoms with Gasteiger partial charge in [0.1, 0.15) is 16.1 Å². The van der Waals surface area contributed by atoms with E-state index in [0.717, 1.165) is 5.56 Å². The Morgan fingerprint density at radius 3 is 2.71 bits per heavy atom. The van der Waals surface area contributed by atoms with Crippen LogP contribution in [0.5, 0.6) is 0 Å². The van der Waals surface area contributed by atoms with Crippen LogP contribution < -0.4 is 10.1 Å². The first-order valence-corrected chi connectivity index (χ1v) is 7.89. The minimum absolute atomic E-state index is 0.236. The van der Waals surface area contributed by atoms with Crippen LogP contribution >= 0.6 is 11.3 Å². The highest BCUT2D eigenvalue weighted by atomic mass is 32.1. The Morgan fingerprint density at radius 1 is 1.17 bits per heavy atom. The molecule has 5 nitrogen and oxygen atoms in total. The third-order valence-corrected chi connectivity index (χ3v) is 4.27. The van der Waals surface area contributed by atoms with Crippen molar-refractivity contribution in [2.75, 3.05) is 0 Å². The number of furan rings is 1. The first-order valence-electron chi connectivity index (χ1n) is 7.07. The summed E-state index contributed by atoms with van der Waals surface area (Å²) < 4.78 is 19.9. The fraction of sp³-hybridized carbons (Fsp3) is 0. The van der Waals surface area contributed by atoms with Crippen molar-refractivity contribution in [3.05, 3.63) is 80.5 Å². The van der Waals surface area contributed by atoms with E-state index in [-0.39, 0.29) is 11.4 Å². The predicted octanol–water partition coefficient (Wildman–Crippen LogP) is 2.60. The van der Waals surface area contributed by atoms with Gasteiger partial charge in [0.15, 0.2) is 5.82 Å². The van der Waals surface area contributed by atoms with Crippen LogP contribution in [0.1, 0.15) is 17.1 Å². The van der Waals surface area contributed by atoms with Crippen molar-refractivity contribution in [2.45, 2.75) is 0 Å². The number of hydrogen-bond acceptors (Lipinski definition) is 5. The van der Waals surface area contributed by atoms with Crippen molar-refractivity contribution in [1.82, 2.24) is 14.6 Å². The number of hydrogen-bond donors (Lipinski definition) is 0. The zero-order chi connectivity index (χ0) is 16.5. The van der Waals surface area contributed by atoms with Gasteiger partial charge in [-0.05, 0) is 35.9 Å². The lowest BCUT2D eigenvalue weighted by molar-refractivity contribution is 0.556. The van der Waals surface area contributed by atoms with Crippen LogP contribution in [-0.2, 0) is 0 Å². The third-order valence-electron chi connectivity index (χ3n) is 3.31. The molecular weight excluding hydrogens is 329 g/mol. The number of thiazole rings is 1. The number of nitrogens with zero attached hydrogens (tertiary/aromatic N) is 3. The van der Waals surface area contributed by atoms with Crippen molar-refractivity contribution in [3.63, 3.8) is 0 Å². The van der Waals surface area contributed by atoms with Crippen LogP contribution in [0.25, 0.3) is 23.2 Å². The Labute approximate surface area is 139 Å². The molecule has 0 bridgehead atoms. The fourth-order valence-electron chi connectivity index (χ4n) is 2.17. The maximum atomic E-state index is 12.9. The molecule has 0 amide bonds. The Hall–Kier alpha value is -3.06. The highest BCUT2D eigenvalue weighted by Crippen LogP contribution is 2.09. The Balaban J connectivity index is 1.67. The molecule has 0 aliphatic heterocycles. The van der Waals surface area contributed by atoms with Crippen LogP contribution in [-0.4, -0.2) is 14.6 Å². The van der Waals surface area contributed by atoms with E-state index in [1.165, 1.54) is 28.0 Å². The first-order chi connectivity index (χ1) is 11.7. The zero-order valence-electron chi connectivity index (χ0n) is 12.2. The second-order valence-electron chi connectivity index (χ2n) is 4.98. The summed E-state index contributed by atoms with van der Waals surface area (Å²) in [5, 5.41) is 4.19. The molecule has 1 aromatic carbocycles. The molecule has 0 aliphatic carbocycles. The van der Waals surface area contributed by atoms with Crippen LogP contribution in [0.3, 0.4) is 0 Å². The quantitative estimate of drug-likeness (QED) is 0.576. The predicted molar refractivity (Wildman–Crippen MR) is 90.0 cm³/mol. The topological polar surface area (TPSA) is 60.4 Å². The number of benzene rings is 1. The van der Waals surface area contributed by atoms with Gasteiger partial charge in [-0.3, -0.25) is 4.79 Å². The molecule has 4 rings (SSSR count). The van der Waals surface area contributed by atoms with Crippen molar-refractivity contribution >= 4 is 34.5 Å². The van der Waals surface area contributed by atoms with Crippen LogP contribution in [0.4, 0.5) is 4.39 Å². The summed E-state index contributed by atoms with van der Waals surface area (Å²) in [6, 6.07) is 9.59. The molecule has 3 aromatic heterocycles. The molecule has 0 saturated carbocycles. The van der Waals surface area contributed by atoms with Gasteiger partial charge in [0.05, 0.1) is 6.26 Å². The Morgan fingerprint density at radius 2 is 2.00 bits per heavy atom. The summed E-state index contributed by atoms with van der Waals surface area (Å²) >= 11 is 1.24. The van der Waals surface area contributed by atoms with Gasteiger partial charge in [-0.15, -0.1) is 5.10 Å². The van der Waals surface area contributed by atoms with E-state index in [4.69, 9.17) is 4.42 Å². The van der Waals surface area contributed by atoms with Gasteiger partial charge in [-0.2, -0.15) is 9.50 Å². The second kappa shape index (κ2) is 5.86. The van der Waals surface area contributed by atoms with Gasteiger partial charge >= 0.3 is 0 Å². The van der Waals surface area contributed by atoms with Gasteiger partial charge in [0, 0.05) is 6.08 Å². The minimum Gasteiger partial charge on any atom is -0.465 e. The van der Waals surface area contributed by atoms with E-state index in [1.54, 1.807) is 48.8 Å². The lowest BCUT2D eigenvalue weighted by atomic mass is 10.2. The summed E-state index contributed by atoms with van der Waals surface area (Å²) in [5.74, 6) is 0.740. The normalized spacial score (nSPS) is 12.6. The van der Waals surface area contributed by atoms with Gasteiger partial charge in [0.2, 0.25) is 4.96 Å². The summed E-state index contributed by atoms with van der Waals surface area (Å²) in [4.78, 5) is 17.1. The molecule has 24 heavy (non-hydrogen) atoms. The molecule has 0 N–H and O–H groups in total. The highest BCUT2D eigenvalue weighted by molar-refractivity contribution is 7.15. The largest absolute Gasteiger partial charge is 0.465 e. The fourth-order valence-corrected chi connectivity index (χ4v) is 3.06. The SMILES string of the molecule is O=c1/c(=C\c2ccco2)sc2nc(/C=C/c3ccc(F)cc3)nn12. The molecule has 4 aromatic rings. The average molecular weight is 339 g/mol. The molecule has 0 spiro atoms. The van der Waals surface area contributed by atoms with E-state index in [2.05, 4.69) is 10.1 Å². The smallest absolute Gasteiger partial charge is 0.291 e. The molecule has 0 saturated heterocycles. The summed E-state index contributed by atoms with van der Waals surface area (Å²) in [6.07, 6.45) is 6.66. The van der Waals surface area contributed by atoms with Gasteiger partial charge in [-0.25, -0.2) is 4.39 Å². The average Bonchev–Trinajstić information content (AvgIpc) is 3.28. The Kier molecular flexibility index (Phi) is 3.55. The highest BCUT2D eigenvalue weighted by Gasteiger charge is 2.09. The Bertz CT molecular complexity index is 1130. The molecule has 7 heteroatoms. The lowest BCUT2D eigenvalue weighted by Gasteiger charge is -1.91. The lowest BCUT2D eigenvalue weighted by Crippen LogP contribution is -2.23. The standard InChI is InChI=1S/C17H10FN3O2S/c18-12-6-3-11(4-7-12)5-8-15-19-17-21(20-15)16(22)14(24-17)10-13-2-1-9-23-13/h1-10H/b8-5+,14-10+. The summed E-state index contributed by atoms with van der Waals surface area (Å²) in [7, 11) is 0. The van der Waals surface area contributed by atoms with E-state index in [0.29, 0.717) is 21.1 Å². The molecule has 0 unspecified atom stereocenters. The number of rotatable bonds is 3. The molecule has 0 radical (unpaired) electrons. The molecule has 0 fully saturated rings. The van der Waals surface area contributed by atoms with Crippen LogP contribution in [0.2, 0.25) is 0 Å². The minimum atomic E-state index is -0.288. The molecular formula is C17H10FN3O2S. The molecule has 0 atom stereocenters. The van der Waals surface area contributed by atoms with Crippen molar-refractivity contribution in [2.24, 2.45) is 0 Å².